The van der Waals surface area contributed by atoms with Crippen molar-refractivity contribution in [1.82, 2.24) is 0 Å². The van der Waals surface area contributed by atoms with Gasteiger partial charge in [0.05, 0.1) is 6.61 Å². The van der Waals surface area contributed by atoms with Gasteiger partial charge in [-0.25, -0.2) is 4.79 Å². The van der Waals surface area contributed by atoms with Crippen LogP contribution in [0.3, 0.4) is 0 Å². The minimum absolute atomic E-state index is 0.0889. The molecule has 1 fully saturated rings. The Bertz CT molecular complexity index is 553. The zero-order valence-corrected chi connectivity index (χ0v) is 12.0. The van der Waals surface area contributed by atoms with Gasteiger partial charge in [0.25, 0.3) is 0 Å². The Kier molecular flexibility index (Phi) is 5.69. The summed E-state index contributed by atoms with van der Waals surface area (Å²) in [7, 11) is 0. The third-order valence-corrected chi connectivity index (χ3v) is 3.39. The van der Waals surface area contributed by atoms with E-state index in [1.54, 1.807) is 12.1 Å². The minimum Gasteiger partial charge on any atom is -0.508 e. The summed E-state index contributed by atoms with van der Waals surface area (Å²) in [5, 5.41) is 47.1. The van der Waals surface area contributed by atoms with E-state index in [2.05, 4.69) is 0 Å². The highest BCUT2D eigenvalue weighted by Crippen LogP contribution is 2.22. The topological polar surface area (TPSA) is 137 Å². The molecule has 0 spiro atoms. The number of ether oxygens (including phenoxy) is 2. The van der Waals surface area contributed by atoms with Crippen LogP contribution < -0.4 is 0 Å². The van der Waals surface area contributed by atoms with Crippen molar-refractivity contribution < 1.29 is 39.8 Å². The van der Waals surface area contributed by atoms with Crippen molar-refractivity contribution in [3.8, 4) is 5.75 Å². The molecule has 0 radical (unpaired) electrons. The van der Waals surface area contributed by atoms with Crippen molar-refractivity contribution >= 4 is 12.0 Å². The zero-order chi connectivity index (χ0) is 17.0. The molecular formula is C15H18O8. The van der Waals surface area contributed by atoms with E-state index in [0.29, 0.717) is 5.56 Å². The van der Waals surface area contributed by atoms with E-state index in [4.69, 9.17) is 19.7 Å². The minimum atomic E-state index is -1.64. The molecular weight excluding hydrogens is 308 g/mol. The number of aromatic hydroxyl groups is 1. The molecule has 1 aromatic rings. The number of phenolic OH excluding ortho intramolecular Hbond substituents is 1. The fraction of sp³-hybridized carbons (Fsp3) is 0.400. The van der Waals surface area contributed by atoms with E-state index in [1.807, 2.05) is 0 Å². The summed E-state index contributed by atoms with van der Waals surface area (Å²) in [5.41, 5.74) is 0.633. The number of carbonyl (C=O) groups is 1. The van der Waals surface area contributed by atoms with Crippen molar-refractivity contribution in [2.24, 2.45) is 0 Å². The molecule has 0 aromatic heterocycles. The first-order valence-electron chi connectivity index (χ1n) is 6.90. The van der Waals surface area contributed by atoms with Gasteiger partial charge in [0.1, 0.15) is 30.2 Å². The third-order valence-electron chi connectivity index (χ3n) is 3.39. The van der Waals surface area contributed by atoms with Crippen LogP contribution in [0.1, 0.15) is 5.56 Å². The van der Waals surface area contributed by atoms with Gasteiger partial charge in [-0.2, -0.15) is 0 Å². The lowest BCUT2D eigenvalue weighted by Crippen LogP contribution is -2.59. The summed E-state index contributed by atoms with van der Waals surface area (Å²) in [6, 6.07) is 6.05. The summed E-state index contributed by atoms with van der Waals surface area (Å²) in [6.07, 6.45) is -4.93. The molecule has 2 rings (SSSR count). The number of phenols is 1. The Morgan fingerprint density at radius 2 is 1.78 bits per heavy atom. The fourth-order valence-electron chi connectivity index (χ4n) is 2.07. The first-order chi connectivity index (χ1) is 10.9. The normalized spacial score (nSPS) is 31.2. The maximum Gasteiger partial charge on any atom is 0.333 e. The van der Waals surface area contributed by atoms with Gasteiger partial charge in [-0.3, -0.25) is 0 Å². The Morgan fingerprint density at radius 3 is 2.39 bits per heavy atom. The molecule has 1 saturated heterocycles. The molecule has 1 aromatic carbocycles. The van der Waals surface area contributed by atoms with Gasteiger partial charge in [-0.15, -0.1) is 0 Å². The molecule has 0 amide bonds. The van der Waals surface area contributed by atoms with Crippen LogP contribution in [0.5, 0.6) is 5.75 Å². The van der Waals surface area contributed by atoms with Crippen molar-refractivity contribution in [2.75, 3.05) is 6.61 Å². The van der Waals surface area contributed by atoms with Gasteiger partial charge >= 0.3 is 5.97 Å². The zero-order valence-electron chi connectivity index (χ0n) is 12.0. The van der Waals surface area contributed by atoms with Crippen LogP contribution in [-0.2, 0) is 14.3 Å². The summed E-state index contributed by atoms with van der Waals surface area (Å²) in [5.74, 6) is -0.756. The van der Waals surface area contributed by atoms with E-state index in [0.717, 1.165) is 6.08 Å². The first kappa shape index (κ1) is 17.4. The molecule has 8 nitrogen and oxygen atoms in total. The summed E-state index contributed by atoms with van der Waals surface area (Å²) < 4.78 is 9.92. The Balaban J connectivity index is 1.97. The highest BCUT2D eigenvalue weighted by Gasteiger charge is 2.45. The van der Waals surface area contributed by atoms with Crippen LogP contribution in [0.25, 0.3) is 6.08 Å². The fourth-order valence-corrected chi connectivity index (χ4v) is 2.07. The number of hydrogen-bond acceptors (Lipinski definition) is 8. The monoisotopic (exact) mass is 326 g/mol. The molecule has 5 atom stereocenters. The molecule has 126 valence electrons. The Morgan fingerprint density at radius 1 is 1.13 bits per heavy atom. The second-order valence-corrected chi connectivity index (χ2v) is 5.06. The predicted molar refractivity (Wildman–Crippen MR) is 77.0 cm³/mol. The average Bonchev–Trinajstić information content (AvgIpc) is 2.55. The number of benzene rings is 1. The molecule has 1 aliphatic rings. The van der Waals surface area contributed by atoms with E-state index in [1.165, 1.54) is 18.2 Å². The van der Waals surface area contributed by atoms with Crippen molar-refractivity contribution in [2.45, 2.75) is 30.7 Å². The lowest BCUT2D eigenvalue weighted by atomic mass is 9.99. The molecule has 23 heavy (non-hydrogen) atoms. The van der Waals surface area contributed by atoms with Gasteiger partial charge < -0.3 is 35.0 Å². The lowest BCUT2D eigenvalue weighted by molar-refractivity contribution is -0.291. The molecule has 1 aliphatic heterocycles. The second kappa shape index (κ2) is 7.53. The van der Waals surface area contributed by atoms with Gasteiger partial charge in [0.2, 0.25) is 6.29 Å². The van der Waals surface area contributed by atoms with Gasteiger partial charge in [0.15, 0.2) is 0 Å². The molecule has 1 unspecified atom stereocenters. The second-order valence-electron chi connectivity index (χ2n) is 5.06. The summed E-state index contributed by atoms with van der Waals surface area (Å²) in [4.78, 5) is 11.7. The highest BCUT2D eigenvalue weighted by molar-refractivity contribution is 5.87. The summed E-state index contributed by atoms with van der Waals surface area (Å²) in [6.45, 7) is -0.609. The first-order valence-corrected chi connectivity index (χ1v) is 6.90. The third kappa shape index (κ3) is 4.27. The predicted octanol–water partition coefficient (Wildman–Crippen LogP) is -1.25. The van der Waals surface area contributed by atoms with E-state index in [-0.39, 0.29) is 5.75 Å². The Hall–Kier alpha value is -1.97. The van der Waals surface area contributed by atoms with Gasteiger partial charge in [0, 0.05) is 6.08 Å². The smallest absolute Gasteiger partial charge is 0.333 e. The molecule has 0 aliphatic carbocycles. The van der Waals surface area contributed by atoms with Gasteiger partial charge in [-0.1, -0.05) is 12.1 Å². The maximum atomic E-state index is 11.7. The van der Waals surface area contributed by atoms with Crippen molar-refractivity contribution in [3.05, 3.63) is 35.9 Å². The van der Waals surface area contributed by atoms with Crippen molar-refractivity contribution in [1.29, 1.82) is 0 Å². The average molecular weight is 326 g/mol. The van der Waals surface area contributed by atoms with Crippen LogP contribution in [0.15, 0.2) is 30.3 Å². The maximum absolute atomic E-state index is 11.7. The van der Waals surface area contributed by atoms with Crippen LogP contribution >= 0.6 is 0 Å². The van der Waals surface area contributed by atoms with Gasteiger partial charge in [-0.05, 0) is 23.8 Å². The number of aliphatic hydroxyl groups is 4. The number of hydrogen-bond donors (Lipinski definition) is 5. The number of rotatable bonds is 4. The van der Waals surface area contributed by atoms with Crippen molar-refractivity contribution in [3.63, 3.8) is 0 Å². The Labute approximate surface area is 131 Å². The van der Waals surface area contributed by atoms with Crippen LogP contribution in [0, 0.1) is 0 Å². The summed E-state index contributed by atoms with van der Waals surface area (Å²) >= 11 is 0. The molecule has 8 heteroatoms. The number of aliphatic hydroxyl groups excluding tert-OH is 4. The molecule has 0 saturated carbocycles. The largest absolute Gasteiger partial charge is 0.508 e. The molecule has 1 heterocycles. The molecule has 0 bridgehead atoms. The van der Waals surface area contributed by atoms with Crippen LogP contribution in [-0.4, -0.2) is 68.8 Å². The van der Waals surface area contributed by atoms with Crippen LogP contribution in [0.4, 0.5) is 0 Å². The number of esters is 1. The number of carbonyl (C=O) groups excluding carboxylic acids is 1. The SMILES string of the molecule is O=C(C=Cc1ccc(O)cc1)OC1O[C@H](CO)[C@@H](O)[C@H](O)[C@H]1O. The lowest BCUT2D eigenvalue weighted by Gasteiger charge is -2.38. The highest BCUT2D eigenvalue weighted by atomic mass is 16.7. The quantitative estimate of drug-likeness (QED) is 0.342. The standard InChI is InChI=1S/C15H18O8/c16-7-10-12(19)13(20)14(21)15(22-10)23-11(18)6-3-8-1-4-9(17)5-2-8/h1-6,10,12-17,19-21H,7H2/t10-,12-,13+,14-,15?/m1/s1. The molecule has 5 N–H and O–H groups in total. The van der Waals surface area contributed by atoms with E-state index < -0.39 is 43.3 Å². The van der Waals surface area contributed by atoms with E-state index >= 15 is 0 Å². The van der Waals surface area contributed by atoms with E-state index in [9.17, 15) is 20.1 Å². The van der Waals surface area contributed by atoms with Crippen LogP contribution in [0.2, 0.25) is 0 Å².